The summed E-state index contributed by atoms with van der Waals surface area (Å²) in [7, 11) is 3.14. The van der Waals surface area contributed by atoms with E-state index in [4.69, 9.17) is 9.47 Å². The zero-order valence-electron chi connectivity index (χ0n) is 15.7. The van der Waals surface area contributed by atoms with Gasteiger partial charge < -0.3 is 14.8 Å². The Labute approximate surface area is 159 Å². The monoisotopic (exact) mass is 372 g/mol. The van der Waals surface area contributed by atoms with Crippen LogP contribution in [0.1, 0.15) is 18.4 Å². The molecular formula is C21H25FN2O3. The van der Waals surface area contributed by atoms with Gasteiger partial charge in [-0.1, -0.05) is 18.2 Å². The number of carbonyl (C=O) groups is 1. The second-order valence-electron chi connectivity index (χ2n) is 6.70. The lowest BCUT2D eigenvalue weighted by molar-refractivity contribution is -0.121. The fourth-order valence-electron chi connectivity index (χ4n) is 3.38. The first-order chi connectivity index (χ1) is 13.1. The highest BCUT2D eigenvalue weighted by molar-refractivity contribution is 5.93. The van der Waals surface area contributed by atoms with Crippen LogP contribution in [0.3, 0.4) is 0 Å². The number of carbonyl (C=O) groups excluding carboxylic acids is 1. The van der Waals surface area contributed by atoms with Crippen LogP contribution in [-0.2, 0) is 11.3 Å². The zero-order valence-corrected chi connectivity index (χ0v) is 15.7. The summed E-state index contributed by atoms with van der Waals surface area (Å²) in [4.78, 5) is 14.8. The Morgan fingerprint density at radius 2 is 1.81 bits per heavy atom. The molecule has 2 aromatic carbocycles. The van der Waals surface area contributed by atoms with E-state index in [9.17, 15) is 9.18 Å². The molecule has 0 saturated carbocycles. The third-order valence-electron chi connectivity index (χ3n) is 4.96. The van der Waals surface area contributed by atoms with Gasteiger partial charge in [0.1, 0.15) is 5.82 Å². The number of nitrogens with zero attached hydrogens (tertiary/aromatic N) is 1. The van der Waals surface area contributed by atoms with Gasteiger partial charge in [-0.3, -0.25) is 9.69 Å². The Bertz CT molecular complexity index is 789. The Morgan fingerprint density at radius 3 is 2.48 bits per heavy atom. The minimum Gasteiger partial charge on any atom is -0.493 e. The summed E-state index contributed by atoms with van der Waals surface area (Å²) in [5.41, 5.74) is 1.39. The second-order valence-corrected chi connectivity index (χ2v) is 6.70. The molecule has 1 amide bonds. The molecule has 2 aromatic rings. The predicted molar refractivity (Wildman–Crippen MR) is 103 cm³/mol. The third-order valence-corrected chi connectivity index (χ3v) is 4.96. The number of halogens is 1. The molecule has 1 heterocycles. The molecule has 0 unspecified atom stereocenters. The summed E-state index contributed by atoms with van der Waals surface area (Å²) in [5, 5.41) is 2.96. The van der Waals surface area contributed by atoms with Crippen molar-refractivity contribution in [1.29, 1.82) is 0 Å². The van der Waals surface area contributed by atoms with E-state index < -0.39 is 0 Å². The minimum absolute atomic E-state index is 0.00719. The molecule has 1 saturated heterocycles. The van der Waals surface area contributed by atoms with Crippen LogP contribution < -0.4 is 14.8 Å². The minimum atomic E-state index is -0.175. The Morgan fingerprint density at radius 1 is 1.11 bits per heavy atom. The van der Waals surface area contributed by atoms with Crippen molar-refractivity contribution in [2.45, 2.75) is 19.4 Å². The summed E-state index contributed by atoms with van der Waals surface area (Å²) in [6.07, 6.45) is 1.52. The first-order valence-electron chi connectivity index (χ1n) is 9.09. The number of anilines is 1. The molecule has 0 atom stereocenters. The highest BCUT2D eigenvalue weighted by atomic mass is 19.1. The van der Waals surface area contributed by atoms with Gasteiger partial charge in [-0.2, -0.15) is 0 Å². The topological polar surface area (TPSA) is 50.8 Å². The number of hydrogen-bond donors (Lipinski definition) is 1. The van der Waals surface area contributed by atoms with E-state index in [0.717, 1.165) is 25.9 Å². The van der Waals surface area contributed by atoms with Crippen LogP contribution in [-0.4, -0.2) is 38.1 Å². The van der Waals surface area contributed by atoms with Crippen molar-refractivity contribution in [2.24, 2.45) is 5.92 Å². The standard InChI is InChI=1S/C21H25FN2O3/c1-26-19-8-7-17(13-20(19)27-2)23-21(25)15-9-11-24(12-10-15)14-16-5-3-4-6-18(16)22/h3-8,13,15H,9-12,14H2,1-2H3,(H,23,25). The summed E-state index contributed by atoms with van der Waals surface area (Å²) in [6.45, 7) is 2.13. The number of benzene rings is 2. The van der Waals surface area contributed by atoms with E-state index in [1.165, 1.54) is 6.07 Å². The van der Waals surface area contributed by atoms with Crippen LogP contribution in [0.2, 0.25) is 0 Å². The average molecular weight is 372 g/mol. The smallest absolute Gasteiger partial charge is 0.227 e. The number of ether oxygens (including phenoxy) is 2. The fraction of sp³-hybridized carbons (Fsp3) is 0.381. The van der Waals surface area contributed by atoms with Crippen molar-refractivity contribution in [3.63, 3.8) is 0 Å². The predicted octanol–water partition coefficient (Wildman–Crippen LogP) is 3.69. The number of amides is 1. The molecule has 3 rings (SSSR count). The van der Waals surface area contributed by atoms with Crippen LogP contribution in [0.15, 0.2) is 42.5 Å². The number of nitrogens with one attached hydrogen (secondary N) is 1. The summed E-state index contributed by atoms with van der Waals surface area (Å²) >= 11 is 0. The SMILES string of the molecule is COc1ccc(NC(=O)C2CCN(Cc3ccccc3F)CC2)cc1OC. The fourth-order valence-corrected chi connectivity index (χ4v) is 3.38. The maximum Gasteiger partial charge on any atom is 0.227 e. The van der Waals surface area contributed by atoms with Gasteiger partial charge in [0, 0.05) is 29.8 Å². The molecule has 1 aliphatic heterocycles. The maximum absolute atomic E-state index is 13.8. The van der Waals surface area contributed by atoms with Crippen molar-refractivity contribution in [3.05, 3.63) is 53.8 Å². The van der Waals surface area contributed by atoms with Gasteiger partial charge in [-0.15, -0.1) is 0 Å². The van der Waals surface area contributed by atoms with Gasteiger partial charge in [-0.25, -0.2) is 4.39 Å². The van der Waals surface area contributed by atoms with E-state index in [-0.39, 0.29) is 17.6 Å². The first-order valence-corrected chi connectivity index (χ1v) is 9.09. The highest BCUT2D eigenvalue weighted by Crippen LogP contribution is 2.30. The zero-order chi connectivity index (χ0) is 19.2. The normalized spacial score (nSPS) is 15.4. The van der Waals surface area contributed by atoms with Gasteiger partial charge >= 0.3 is 0 Å². The number of rotatable bonds is 6. The molecule has 0 aromatic heterocycles. The Hall–Kier alpha value is -2.60. The molecular weight excluding hydrogens is 347 g/mol. The van der Waals surface area contributed by atoms with Crippen molar-refractivity contribution in [2.75, 3.05) is 32.6 Å². The molecule has 1 N–H and O–H groups in total. The van der Waals surface area contributed by atoms with Crippen LogP contribution in [0.25, 0.3) is 0 Å². The van der Waals surface area contributed by atoms with E-state index in [1.54, 1.807) is 38.5 Å². The molecule has 27 heavy (non-hydrogen) atoms. The quantitative estimate of drug-likeness (QED) is 0.840. The molecule has 0 spiro atoms. The molecule has 5 nitrogen and oxygen atoms in total. The number of piperidine rings is 1. The summed E-state index contributed by atoms with van der Waals surface area (Å²) < 4.78 is 24.3. The Balaban J connectivity index is 1.53. The van der Waals surface area contributed by atoms with Crippen LogP contribution in [0.5, 0.6) is 11.5 Å². The number of hydrogen-bond acceptors (Lipinski definition) is 4. The average Bonchev–Trinajstić information content (AvgIpc) is 2.70. The van der Waals surface area contributed by atoms with E-state index >= 15 is 0 Å². The van der Waals surface area contributed by atoms with Crippen molar-refractivity contribution in [3.8, 4) is 11.5 Å². The first kappa shape index (κ1) is 19.2. The lowest BCUT2D eigenvalue weighted by Crippen LogP contribution is -2.37. The van der Waals surface area contributed by atoms with Gasteiger partial charge in [0.15, 0.2) is 11.5 Å². The van der Waals surface area contributed by atoms with Crippen molar-refractivity contribution in [1.82, 2.24) is 4.90 Å². The number of likely N-dealkylation sites (tertiary alicyclic amines) is 1. The van der Waals surface area contributed by atoms with E-state index in [2.05, 4.69) is 10.2 Å². The molecule has 144 valence electrons. The maximum atomic E-state index is 13.8. The van der Waals surface area contributed by atoms with Gasteiger partial charge in [0.2, 0.25) is 5.91 Å². The largest absolute Gasteiger partial charge is 0.493 e. The summed E-state index contributed by atoms with van der Waals surface area (Å²) in [5.74, 6) is 0.987. The molecule has 6 heteroatoms. The van der Waals surface area contributed by atoms with E-state index in [0.29, 0.717) is 29.3 Å². The van der Waals surface area contributed by atoms with Crippen molar-refractivity contribution < 1.29 is 18.7 Å². The molecule has 0 aliphatic carbocycles. The van der Waals surface area contributed by atoms with Crippen molar-refractivity contribution >= 4 is 11.6 Å². The molecule has 0 radical (unpaired) electrons. The summed E-state index contributed by atoms with van der Waals surface area (Å²) in [6, 6.07) is 12.2. The molecule has 0 bridgehead atoms. The van der Waals surface area contributed by atoms with Gasteiger partial charge in [0.05, 0.1) is 14.2 Å². The molecule has 1 fully saturated rings. The molecule has 1 aliphatic rings. The van der Waals surface area contributed by atoms with E-state index in [1.807, 2.05) is 12.1 Å². The third kappa shape index (κ3) is 4.77. The lowest BCUT2D eigenvalue weighted by atomic mass is 9.95. The van der Waals surface area contributed by atoms with Gasteiger partial charge in [0.25, 0.3) is 0 Å². The van der Waals surface area contributed by atoms with Crippen LogP contribution in [0.4, 0.5) is 10.1 Å². The second kappa shape index (κ2) is 8.86. The van der Waals surface area contributed by atoms with Crippen LogP contribution in [0, 0.1) is 11.7 Å². The van der Waals surface area contributed by atoms with Gasteiger partial charge in [-0.05, 0) is 44.1 Å². The number of methoxy groups -OCH3 is 2. The lowest BCUT2D eigenvalue weighted by Gasteiger charge is -2.31. The highest BCUT2D eigenvalue weighted by Gasteiger charge is 2.25. The van der Waals surface area contributed by atoms with Crippen LogP contribution >= 0.6 is 0 Å². The Kier molecular flexibility index (Phi) is 6.29.